The van der Waals surface area contributed by atoms with Gasteiger partial charge >= 0.3 is 11.9 Å². The van der Waals surface area contributed by atoms with Gasteiger partial charge in [-0.15, -0.1) is 0 Å². The molecule has 0 fully saturated rings. The number of esters is 2. The molecule has 1 aliphatic heterocycles. The number of hydrogen-bond donors (Lipinski definition) is 4. The number of rotatable bonds is 23. The van der Waals surface area contributed by atoms with Crippen molar-refractivity contribution < 1.29 is 44.2 Å². The van der Waals surface area contributed by atoms with Crippen molar-refractivity contribution in [3.8, 4) is 0 Å². The zero-order valence-corrected chi connectivity index (χ0v) is 22.0. The monoisotopic (exact) mass is 516 g/mol. The Kier molecular flexibility index (Phi) is 18.1. The summed E-state index contributed by atoms with van der Waals surface area (Å²) in [5, 5.41) is 38.2. The summed E-state index contributed by atoms with van der Waals surface area (Å²) in [6.45, 7) is 0.801. The Morgan fingerprint density at radius 2 is 1.36 bits per heavy atom. The first kappa shape index (κ1) is 32.2. The third kappa shape index (κ3) is 14.0. The second-order valence-electron chi connectivity index (χ2n) is 9.64. The Balaban J connectivity index is 2.03. The molecule has 1 heterocycles. The first-order valence-corrected chi connectivity index (χ1v) is 13.8. The third-order valence-electron chi connectivity index (χ3n) is 6.30. The van der Waals surface area contributed by atoms with E-state index < -0.39 is 61.6 Å². The molecule has 0 aromatic heterocycles. The van der Waals surface area contributed by atoms with Gasteiger partial charge in [0, 0.05) is 6.42 Å². The van der Waals surface area contributed by atoms with Crippen LogP contribution in [0.1, 0.15) is 110 Å². The molecule has 1 aliphatic rings. The van der Waals surface area contributed by atoms with Crippen molar-refractivity contribution in [3.05, 3.63) is 11.5 Å². The van der Waals surface area contributed by atoms with E-state index in [1.165, 1.54) is 77.0 Å². The molecule has 0 saturated carbocycles. The predicted octanol–water partition coefficient (Wildman–Crippen LogP) is 4.22. The molecule has 3 atom stereocenters. The van der Waals surface area contributed by atoms with Crippen LogP contribution in [0.4, 0.5) is 0 Å². The number of unbranched alkanes of at least 4 members (excludes halogenated alkanes) is 14. The minimum atomic E-state index is -1.46. The van der Waals surface area contributed by atoms with Crippen LogP contribution in [0.25, 0.3) is 0 Å². The van der Waals surface area contributed by atoms with Gasteiger partial charge in [-0.25, -0.2) is 4.79 Å². The van der Waals surface area contributed by atoms with Crippen LogP contribution in [-0.2, 0) is 23.8 Å². The summed E-state index contributed by atoms with van der Waals surface area (Å²) < 4.78 is 14.9. The summed E-state index contributed by atoms with van der Waals surface area (Å²) in [4.78, 5) is 23.7. The Hall–Kier alpha value is -1.84. The summed E-state index contributed by atoms with van der Waals surface area (Å²) in [5.41, 5.74) is 0. The van der Waals surface area contributed by atoms with E-state index in [0.29, 0.717) is 6.42 Å². The Morgan fingerprint density at radius 3 is 1.86 bits per heavy atom. The summed E-state index contributed by atoms with van der Waals surface area (Å²) in [6.07, 6.45) is 14.7. The lowest BCUT2D eigenvalue weighted by atomic mass is 10.0. The topological polar surface area (TPSA) is 143 Å². The van der Waals surface area contributed by atoms with Crippen molar-refractivity contribution in [3.63, 3.8) is 0 Å². The summed E-state index contributed by atoms with van der Waals surface area (Å²) >= 11 is 0. The van der Waals surface area contributed by atoms with Gasteiger partial charge in [0.1, 0.15) is 25.4 Å². The quantitative estimate of drug-likeness (QED) is 0.116. The maximum absolute atomic E-state index is 11.9. The fourth-order valence-electron chi connectivity index (χ4n) is 4.06. The Labute approximate surface area is 215 Å². The second kappa shape index (κ2) is 20.2. The standard InChI is InChI=1S/C27H48O9/c1-2-3-4-5-6-7-8-9-10-11-12-13-14-15-16-17-23(31)34-20-22(30)25-24(32)26(27(33)36-25)35-19-21(29)18-28/h21-22,25,28-30,32H,2-20H2,1H3. The van der Waals surface area contributed by atoms with E-state index in [4.69, 9.17) is 19.3 Å². The van der Waals surface area contributed by atoms with E-state index in [-0.39, 0.29) is 6.42 Å². The fraction of sp³-hybridized carbons (Fsp3) is 0.852. The number of aliphatic hydroxyl groups is 4. The average molecular weight is 517 g/mol. The van der Waals surface area contributed by atoms with Gasteiger partial charge in [-0.3, -0.25) is 4.79 Å². The summed E-state index contributed by atoms with van der Waals surface area (Å²) in [5.74, 6) is -2.66. The van der Waals surface area contributed by atoms with E-state index in [2.05, 4.69) is 6.92 Å². The molecule has 0 saturated heterocycles. The first-order chi connectivity index (χ1) is 17.4. The van der Waals surface area contributed by atoms with Gasteiger partial charge in [0.15, 0.2) is 11.9 Å². The molecule has 0 spiro atoms. The number of cyclic esters (lactones) is 1. The minimum absolute atomic E-state index is 0.241. The van der Waals surface area contributed by atoms with Crippen LogP contribution in [0, 0.1) is 0 Å². The van der Waals surface area contributed by atoms with Crippen molar-refractivity contribution in [2.24, 2.45) is 0 Å². The Morgan fingerprint density at radius 1 is 0.861 bits per heavy atom. The molecule has 1 rings (SSSR count). The van der Waals surface area contributed by atoms with Crippen molar-refractivity contribution in [1.29, 1.82) is 0 Å². The predicted molar refractivity (Wildman–Crippen MR) is 135 cm³/mol. The number of hydrogen-bond acceptors (Lipinski definition) is 9. The highest BCUT2D eigenvalue weighted by Gasteiger charge is 2.41. The number of carbonyl (C=O) groups is 2. The minimum Gasteiger partial charge on any atom is -0.505 e. The number of carbonyl (C=O) groups excluding carboxylic acids is 2. The molecule has 0 bridgehead atoms. The van der Waals surface area contributed by atoms with Crippen LogP contribution in [0.3, 0.4) is 0 Å². The smallest absolute Gasteiger partial charge is 0.378 e. The number of ether oxygens (including phenoxy) is 3. The molecule has 36 heavy (non-hydrogen) atoms. The van der Waals surface area contributed by atoms with Gasteiger partial charge in [-0.1, -0.05) is 96.8 Å². The molecule has 9 heteroatoms. The van der Waals surface area contributed by atoms with Crippen LogP contribution in [0.2, 0.25) is 0 Å². The highest BCUT2D eigenvalue weighted by molar-refractivity contribution is 5.89. The van der Waals surface area contributed by atoms with Gasteiger partial charge < -0.3 is 34.6 Å². The van der Waals surface area contributed by atoms with Crippen LogP contribution >= 0.6 is 0 Å². The van der Waals surface area contributed by atoms with Crippen LogP contribution in [-0.4, -0.2) is 70.5 Å². The highest BCUT2D eigenvalue weighted by Crippen LogP contribution is 2.24. The summed E-state index contributed by atoms with van der Waals surface area (Å²) in [6, 6.07) is 0. The van der Waals surface area contributed by atoms with Crippen molar-refractivity contribution in [2.75, 3.05) is 19.8 Å². The molecule has 0 aromatic rings. The zero-order valence-electron chi connectivity index (χ0n) is 22.0. The van der Waals surface area contributed by atoms with E-state index in [1.807, 2.05) is 0 Å². The van der Waals surface area contributed by atoms with Crippen LogP contribution < -0.4 is 0 Å². The van der Waals surface area contributed by atoms with Crippen LogP contribution in [0.15, 0.2) is 11.5 Å². The molecule has 0 radical (unpaired) electrons. The zero-order chi connectivity index (χ0) is 26.6. The molecular weight excluding hydrogens is 468 g/mol. The van der Waals surface area contributed by atoms with Gasteiger partial charge in [0.2, 0.25) is 5.76 Å². The van der Waals surface area contributed by atoms with E-state index >= 15 is 0 Å². The maximum Gasteiger partial charge on any atom is 0.378 e. The molecule has 3 unspecified atom stereocenters. The lowest BCUT2D eigenvalue weighted by Gasteiger charge is -2.17. The molecular formula is C27H48O9. The van der Waals surface area contributed by atoms with Gasteiger partial charge in [0.25, 0.3) is 0 Å². The SMILES string of the molecule is CCCCCCCCCCCCCCCCCC(=O)OCC(O)C1OC(=O)C(OCC(O)CO)=C1O. The van der Waals surface area contributed by atoms with Gasteiger partial charge in [-0.2, -0.15) is 0 Å². The average Bonchev–Trinajstić information content (AvgIpc) is 3.16. The maximum atomic E-state index is 11.9. The van der Waals surface area contributed by atoms with Gasteiger partial charge in [-0.05, 0) is 6.42 Å². The normalized spacial score (nSPS) is 17.2. The van der Waals surface area contributed by atoms with Crippen molar-refractivity contribution in [1.82, 2.24) is 0 Å². The molecule has 0 aliphatic carbocycles. The molecule has 0 amide bonds. The van der Waals surface area contributed by atoms with E-state index in [1.54, 1.807) is 0 Å². The summed E-state index contributed by atoms with van der Waals surface area (Å²) in [7, 11) is 0. The second-order valence-corrected chi connectivity index (χ2v) is 9.64. The van der Waals surface area contributed by atoms with Gasteiger partial charge in [0.05, 0.1) is 6.61 Å². The van der Waals surface area contributed by atoms with E-state index in [9.17, 15) is 24.9 Å². The van der Waals surface area contributed by atoms with E-state index in [0.717, 1.165) is 12.8 Å². The molecule has 9 nitrogen and oxygen atoms in total. The lowest BCUT2D eigenvalue weighted by Crippen LogP contribution is -2.33. The molecule has 0 aromatic carbocycles. The van der Waals surface area contributed by atoms with Crippen LogP contribution in [0.5, 0.6) is 0 Å². The first-order valence-electron chi connectivity index (χ1n) is 13.8. The third-order valence-corrected chi connectivity index (χ3v) is 6.30. The Bertz CT molecular complexity index is 635. The highest BCUT2D eigenvalue weighted by atomic mass is 16.6. The van der Waals surface area contributed by atoms with Crippen molar-refractivity contribution in [2.45, 2.75) is 128 Å². The molecule has 4 N–H and O–H groups in total. The molecule has 210 valence electrons. The van der Waals surface area contributed by atoms with Crippen molar-refractivity contribution >= 4 is 11.9 Å². The largest absolute Gasteiger partial charge is 0.505 e. The fourth-order valence-corrected chi connectivity index (χ4v) is 4.06. The number of aliphatic hydroxyl groups excluding tert-OH is 4. The lowest BCUT2D eigenvalue weighted by molar-refractivity contribution is -0.155.